The third-order valence-electron chi connectivity index (χ3n) is 2.82. The quantitative estimate of drug-likeness (QED) is 0.897. The fourth-order valence-electron chi connectivity index (χ4n) is 1.78. The molecule has 2 rings (SSSR count). The van der Waals surface area contributed by atoms with E-state index in [1.54, 1.807) is 29.8 Å². The molecule has 1 heterocycles. The molecule has 0 bridgehead atoms. The van der Waals surface area contributed by atoms with Crippen molar-refractivity contribution in [3.8, 4) is 0 Å². The van der Waals surface area contributed by atoms with Crippen molar-refractivity contribution in [2.45, 2.75) is 12.8 Å². The van der Waals surface area contributed by atoms with E-state index in [9.17, 15) is 9.18 Å². The van der Waals surface area contributed by atoms with E-state index >= 15 is 0 Å². The Morgan fingerprint density at radius 3 is 2.83 bits per heavy atom. The first kappa shape index (κ1) is 12.3. The highest BCUT2D eigenvalue weighted by molar-refractivity contribution is 5.69. The number of aliphatic carboxylic acids is 1. The highest BCUT2D eigenvalue weighted by Gasteiger charge is 2.11. The number of benzene rings is 1. The fourth-order valence-corrected chi connectivity index (χ4v) is 1.78. The van der Waals surface area contributed by atoms with E-state index in [0.717, 1.165) is 0 Å². The molecule has 0 aliphatic rings. The van der Waals surface area contributed by atoms with Gasteiger partial charge in [0.25, 0.3) is 0 Å². The molecule has 2 aromatic rings. The van der Waals surface area contributed by atoms with E-state index in [1.807, 2.05) is 0 Å². The standard InChI is InChI=1S/C13H13FN2O2/c1-16-10(7-13(17)18)8-15-12(16)6-9-4-2-3-5-11(9)14/h2-5,8H,6-7H2,1H3,(H,17,18). The molecular weight excluding hydrogens is 235 g/mol. The van der Waals surface area contributed by atoms with Gasteiger partial charge in [0.15, 0.2) is 0 Å². The second-order valence-electron chi connectivity index (χ2n) is 4.06. The maximum Gasteiger partial charge on any atom is 0.309 e. The highest BCUT2D eigenvalue weighted by Crippen LogP contribution is 2.13. The van der Waals surface area contributed by atoms with Crippen LogP contribution in [0.15, 0.2) is 30.5 Å². The van der Waals surface area contributed by atoms with E-state index in [4.69, 9.17) is 5.11 Å². The summed E-state index contributed by atoms with van der Waals surface area (Å²) < 4.78 is 15.2. The summed E-state index contributed by atoms with van der Waals surface area (Å²) >= 11 is 0. The molecule has 0 atom stereocenters. The first-order valence-corrected chi connectivity index (χ1v) is 5.52. The van der Waals surface area contributed by atoms with Gasteiger partial charge in [0.2, 0.25) is 0 Å². The minimum atomic E-state index is -0.907. The normalized spacial score (nSPS) is 10.6. The minimum Gasteiger partial charge on any atom is -0.481 e. The summed E-state index contributed by atoms with van der Waals surface area (Å²) in [6.45, 7) is 0. The molecule has 0 aliphatic heterocycles. The van der Waals surface area contributed by atoms with Gasteiger partial charge < -0.3 is 9.67 Å². The molecule has 0 radical (unpaired) electrons. The summed E-state index contributed by atoms with van der Waals surface area (Å²) in [5.74, 6) is -0.535. The third kappa shape index (κ3) is 2.56. The second kappa shape index (κ2) is 5.00. The SMILES string of the molecule is Cn1c(CC(=O)O)cnc1Cc1ccccc1F. The zero-order valence-electron chi connectivity index (χ0n) is 9.93. The molecule has 0 aliphatic carbocycles. The molecule has 0 saturated carbocycles. The Bertz CT molecular complexity index is 578. The van der Waals surface area contributed by atoms with E-state index in [0.29, 0.717) is 23.5 Å². The topological polar surface area (TPSA) is 55.1 Å². The maximum absolute atomic E-state index is 13.5. The number of nitrogens with zero attached hydrogens (tertiary/aromatic N) is 2. The summed E-state index contributed by atoms with van der Waals surface area (Å²) in [5.41, 5.74) is 1.15. The lowest BCUT2D eigenvalue weighted by Crippen LogP contribution is -2.08. The molecular formula is C13H13FN2O2. The van der Waals surface area contributed by atoms with Gasteiger partial charge in [-0.25, -0.2) is 9.37 Å². The van der Waals surface area contributed by atoms with Crippen LogP contribution >= 0.6 is 0 Å². The Morgan fingerprint density at radius 2 is 2.17 bits per heavy atom. The van der Waals surface area contributed by atoms with Gasteiger partial charge in [0, 0.05) is 25.4 Å². The van der Waals surface area contributed by atoms with E-state index in [1.165, 1.54) is 12.3 Å². The van der Waals surface area contributed by atoms with Crippen LogP contribution in [-0.4, -0.2) is 20.6 Å². The summed E-state index contributed by atoms with van der Waals surface area (Å²) in [5, 5.41) is 8.73. The molecule has 0 unspecified atom stereocenters. The van der Waals surface area contributed by atoms with Gasteiger partial charge in [-0.2, -0.15) is 0 Å². The summed E-state index contributed by atoms with van der Waals surface area (Å²) in [7, 11) is 1.74. The summed E-state index contributed by atoms with van der Waals surface area (Å²) in [6.07, 6.45) is 1.79. The predicted octanol–water partition coefficient (Wildman–Crippen LogP) is 1.78. The Hall–Kier alpha value is -2.17. The number of carbonyl (C=O) groups is 1. The fraction of sp³-hybridized carbons (Fsp3) is 0.231. The number of aromatic nitrogens is 2. The van der Waals surface area contributed by atoms with Crippen molar-refractivity contribution in [1.82, 2.24) is 9.55 Å². The van der Waals surface area contributed by atoms with E-state index in [2.05, 4.69) is 4.98 Å². The molecule has 4 nitrogen and oxygen atoms in total. The van der Waals surface area contributed by atoms with E-state index in [-0.39, 0.29) is 12.2 Å². The molecule has 0 fully saturated rings. The Labute approximate surface area is 104 Å². The Balaban J connectivity index is 2.23. The van der Waals surface area contributed by atoms with Crippen molar-refractivity contribution >= 4 is 5.97 Å². The van der Waals surface area contributed by atoms with Crippen LogP contribution in [0.25, 0.3) is 0 Å². The summed E-state index contributed by atoms with van der Waals surface area (Å²) in [4.78, 5) is 14.8. The van der Waals surface area contributed by atoms with Crippen molar-refractivity contribution in [3.63, 3.8) is 0 Å². The number of rotatable bonds is 4. The average Bonchev–Trinajstić information content (AvgIpc) is 2.64. The predicted molar refractivity (Wildman–Crippen MR) is 63.8 cm³/mol. The number of hydrogen-bond acceptors (Lipinski definition) is 2. The van der Waals surface area contributed by atoms with E-state index < -0.39 is 5.97 Å². The molecule has 18 heavy (non-hydrogen) atoms. The van der Waals surface area contributed by atoms with Crippen LogP contribution < -0.4 is 0 Å². The monoisotopic (exact) mass is 248 g/mol. The van der Waals surface area contributed by atoms with Gasteiger partial charge in [-0.1, -0.05) is 18.2 Å². The molecule has 94 valence electrons. The molecule has 0 amide bonds. The first-order valence-electron chi connectivity index (χ1n) is 5.52. The van der Waals surface area contributed by atoms with Crippen LogP contribution in [0.5, 0.6) is 0 Å². The zero-order valence-corrected chi connectivity index (χ0v) is 9.93. The van der Waals surface area contributed by atoms with Crippen LogP contribution in [0.2, 0.25) is 0 Å². The molecule has 0 spiro atoms. The Kier molecular flexibility index (Phi) is 3.41. The van der Waals surface area contributed by atoms with Crippen LogP contribution in [0.3, 0.4) is 0 Å². The minimum absolute atomic E-state index is 0.0826. The van der Waals surface area contributed by atoms with Gasteiger partial charge >= 0.3 is 5.97 Å². The van der Waals surface area contributed by atoms with Gasteiger partial charge in [-0.3, -0.25) is 4.79 Å². The van der Waals surface area contributed by atoms with Gasteiger partial charge in [-0.05, 0) is 11.6 Å². The molecule has 5 heteroatoms. The lowest BCUT2D eigenvalue weighted by molar-refractivity contribution is -0.136. The maximum atomic E-state index is 13.5. The second-order valence-corrected chi connectivity index (χ2v) is 4.06. The smallest absolute Gasteiger partial charge is 0.309 e. The van der Waals surface area contributed by atoms with Crippen LogP contribution in [0.1, 0.15) is 17.1 Å². The number of carboxylic acid groups (broad SMARTS) is 1. The lowest BCUT2D eigenvalue weighted by atomic mass is 10.1. The number of imidazole rings is 1. The largest absolute Gasteiger partial charge is 0.481 e. The van der Waals surface area contributed by atoms with Gasteiger partial charge in [0.1, 0.15) is 11.6 Å². The molecule has 0 saturated heterocycles. The van der Waals surface area contributed by atoms with Gasteiger partial charge in [-0.15, -0.1) is 0 Å². The first-order chi connectivity index (χ1) is 8.58. The molecule has 1 aromatic carbocycles. The van der Waals surface area contributed by atoms with Crippen LogP contribution in [0.4, 0.5) is 4.39 Å². The van der Waals surface area contributed by atoms with Gasteiger partial charge in [0.05, 0.1) is 6.42 Å². The molecule has 1 N–H and O–H groups in total. The van der Waals surface area contributed by atoms with Crippen LogP contribution in [0, 0.1) is 5.82 Å². The number of carboxylic acids is 1. The molecule has 1 aromatic heterocycles. The van der Waals surface area contributed by atoms with Crippen molar-refractivity contribution < 1.29 is 14.3 Å². The van der Waals surface area contributed by atoms with Crippen molar-refractivity contribution in [3.05, 3.63) is 53.4 Å². The summed E-state index contributed by atoms with van der Waals surface area (Å²) in [6, 6.07) is 6.49. The van der Waals surface area contributed by atoms with Crippen molar-refractivity contribution in [2.24, 2.45) is 7.05 Å². The van der Waals surface area contributed by atoms with Crippen molar-refractivity contribution in [2.75, 3.05) is 0 Å². The van der Waals surface area contributed by atoms with Crippen LogP contribution in [-0.2, 0) is 24.7 Å². The third-order valence-corrected chi connectivity index (χ3v) is 2.82. The Morgan fingerprint density at radius 1 is 1.44 bits per heavy atom. The number of hydrogen-bond donors (Lipinski definition) is 1. The number of halogens is 1. The zero-order chi connectivity index (χ0) is 13.1. The highest BCUT2D eigenvalue weighted by atomic mass is 19.1. The average molecular weight is 248 g/mol. The lowest BCUT2D eigenvalue weighted by Gasteiger charge is -2.05. The van der Waals surface area contributed by atoms with Crippen molar-refractivity contribution in [1.29, 1.82) is 0 Å².